The third kappa shape index (κ3) is 5.65. The summed E-state index contributed by atoms with van der Waals surface area (Å²) < 4.78 is 0. The normalized spacial score (nSPS) is 12.4. The Bertz CT molecular complexity index is 849. The molecule has 7 nitrogen and oxygen atoms in total. The van der Waals surface area contributed by atoms with Crippen molar-refractivity contribution in [3.63, 3.8) is 0 Å². The maximum atomic E-state index is 12.6. The van der Waals surface area contributed by atoms with E-state index in [0.717, 1.165) is 41.4 Å². The predicted molar refractivity (Wildman–Crippen MR) is 116 cm³/mol. The Morgan fingerprint density at radius 2 is 1.86 bits per heavy atom. The lowest BCUT2D eigenvalue weighted by atomic mass is 9.98. The standard InChI is InChI=1S/C22H29N5O2/c1-2-3-8-21(29)27(18(13-23)15-28)14-16-9-11-17(12-10-16)19-6-4-5-7-20(19)22(24)26-25/h4-7,9-12,15,18H,2-3,8,13-14,23,25H2,1H3,(H2,24,26)/t18-/m0/s1. The van der Waals surface area contributed by atoms with Crippen LogP contribution in [0.1, 0.15) is 37.3 Å². The minimum absolute atomic E-state index is 0.0595. The van der Waals surface area contributed by atoms with Gasteiger partial charge in [0.15, 0.2) is 5.84 Å². The first-order chi connectivity index (χ1) is 14.0. The van der Waals surface area contributed by atoms with Crippen LogP contribution < -0.4 is 17.3 Å². The van der Waals surface area contributed by atoms with Crippen LogP contribution in [-0.4, -0.2) is 35.5 Å². The highest BCUT2D eigenvalue weighted by molar-refractivity contribution is 6.03. The van der Waals surface area contributed by atoms with Gasteiger partial charge in [0, 0.05) is 25.1 Å². The van der Waals surface area contributed by atoms with Crippen molar-refractivity contribution in [2.45, 2.75) is 38.8 Å². The summed E-state index contributed by atoms with van der Waals surface area (Å²) in [6.07, 6.45) is 2.84. The van der Waals surface area contributed by atoms with E-state index in [-0.39, 0.29) is 18.3 Å². The Morgan fingerprint density at radius 3 is 2.45 bits per heavy atom. The highest BCUT2D eigenvalue weighted by Gasteiger charge is 2.22. The Kier molecular flexibility index (Phi) is 8.36. The number of rotatable bonds is 10. The molecule has 0 aromatic heterocycles. The summed E-state index contributed by atoms with van der Waals surface area (Å²) in [5.74, 6) is 5.53. The largest absolute Gasteiger partial charge is 0.382 e. The van der Waals surface area contributed by atoms with Crippen LogP contribution in [0, 0.1) is 0 Å². The van der Waals surface area contributed by atoms with Crippen molar-refractivity contribution in [2.24, 2.45) is 22.4 Å². The lowest BCUT2D eigenvalue weighted by Crippen LogP contribution is -2.45. The molecule has 0 radical (unpaired) electrons. The number of amidine groups is 1. The van der Waals surface area contributed by atoms with Gasteiger partial charge in [-0.05, 0) is 23.1 Å². The molecule has 1 amide bonds. The van der Waals surface area contributed by atoms with Crippen LogP contribution in [0.5, 0.6) is 0 Å². The van der Waals surface area contributed by atoms with Crippen LogP contribution in [0.15, 0.2) is 53.6 Å². The fourth-order valence-corrected chi connectivity index (χ4v) is 3.13. The molecule has 0 heterocycles. The van der Waals surface area contributed by atoms with Gasteiger partial charge in [-0.2, -0.15) is 5.10 Å². The number of carbonyl (C=O) groups excluding carboxylic acids is 2. The first-order valence-electron chi connectivity index (χ1n) is 9.72. The molecule has 0 aliphatic heterocycles. The van der Waals surface area contributed by atoms with E-state index in [9.17, 15) is 9.59 Å². The van der Waals surface area contributed by atoms with Crippen molar-refractivity contribution in [1.82, 2.24) is 4.90 Å². The van der Waals surface area contributed by atoms with Gasteiger partial charge in [0.2, 0.25) is 5.91 Å². The van der Waals surface area contributed by atoms with Crippen LogP contribution in [0.3, 0.4) is 0 Å². The lowest BCUT2D eigenvalue weighted by molar-refractivity contribution is -0.137. The van der Waals surface area contributed by atoms with Gasteiger partial charge in [-0.15, -0.1) is 0 Å². The number of carbonyl (C=O) groups is 2. The summed E-state index contributed by atoms with van der Waals surface area (Å²) in [6, 6.07) is 14.7. The van der Waals surface area contributed by atoms with Gasteiger partial charge < -0.3 is 27.0 Å². The van der Waals surface area contributed by atoms with Gasteiger partial charge in [0.25, 0.3) is 0 Å². The zero-order valence-electron chi connectivity index (χ0n) is 16.8. The highest BCUT2D eigenvalue weighted by atomic mass is 16.2. The first kappa shape index (κ1) is 22.1. The molecule has 154 valence electrons. The van der Waals surface area contributed by atoms with Crippen molar-refractivity contribution < 1.29 is 9.59 Å². The van der Waals surface area contributed by atoms with Crippen LogP contribution in [-0.2, 0) is 16.1 Å². The summed E-state index contributed by atoms with van der Waals surface area (Å²) >= 11 is 0. The van der Waals surface area contributed by atoms with E-state index in [0.29, 0.717) is 13.0 Å². The smallest absolute Gasteiger partial charge is 0.223 e. The number of hydrogen-bond donors (Lipinski definition) is 3. The Labute approximate surface area is 171 Å². The van der Waals surface area contributed by atoms with Crippen molar-refractivity contribution in [3.8, 4) is 11.1 Å². The van der Waals surface area contributed by atoms with Gasteiger partial charge in [0.05, 0.1) is 6.04 Å². The van der Waals surface area contributed by atoms with Crippen LogP contribution in [0.2, 0.25) is 0 Å². The summed E-state index contributed by atoms with van der Waals surface area (Å²) in [7, 11) is 0. The molecule has 7 heteroatoms. The van der Waals surface area contributed by atoms with Crippen molar-refractivity contribution in [2.75, 3.05) is 6.54 Å². The number of aldehydes is 1. The molecule has 6 N–H and O–H groups in total. The number of hydrazone groups is 1. The van der Waals surface area contributed by atoms with Crippen molar-refractivity contribution >= 4 is 18.0 Å². The van der Waals surface area contributed by atoms with E-state index < -0.39 is 6.04 Å². The molecule has 1 atom stereocenters. The van der Waals surface area contributed by atoms with Crippen LogP contribution >= 0.6 is 0 Å². The molecule has 2 aromatic carbocycles. The maximum Gasteiger partial charge on any atom is 0.223 e. The molecule has 0 fully saturated rings. The number of unbranched alkanes of at least 4 members (excludes halogenated alkanes) is 1. The highest BCUT2D eigenvalue weighted by Crippen LogP contribution is 2.24. The summed E-state index contributed by atoms with van der Waals surface area (Å²) in [5.41, 5.74) is 15.1. The average Bonchev–Trinajstić information content (AvgIpc) is 2.77. The van der Waals surface area contributed by atoms with Gasteiger partial charge in [0.1, 0.15) is 6.29 Å². The van der Waals surface area contributed by atoms with Gasteiger partial charge in [-0.1, -0.05) is 61.9 Å². The molecule has 0 saturated carbocycles. The molecular weight excluding hydrogens is 366 g/mol. The van der Waals surface area contributed by atoms with E-state index in [1.807, 2.05) is 55.5 Å². The number of nitrogens with two attached hydrogens (primary N) is 3. The molecule has 0 spiro atoms. The average molecular weight is 396 g/mol. The zero-order valence-corrected chi connectivity index (χ0v) is 16.8. The molecule has 0 aliphatic rings. The number of hydrogen-bond acceptors (Lipinski definition) is 5. The Hall–Kier alpha value is -3.19. The summed E-state index contributed by atoms with van der Waals surface area (Å²) in [6.45, 7) is 2.46. The van der Waals surface area contributed by atoms with Gasteiger partial charge in [-0.3, -0.25) is 4.79 Å². The second-order valence-corrected chi connectivity index (χ2v) is 6.82. The summed E-state index contributed by atoms with van der Waals surface area (Å²) in [4.78, 5) is 25.5. The van der Waals surface area contributed by atoms with Crippen molar-refractivity contribution in [1.29, 1.82) is 0 Å². The second kappa shape index (κ2) is 11.0. The minimum atomic E-state index is -0.625. The quantitative estimate of drug-likeness (QED) is 0.186. The molecule has 0 unspecified atom stereocenters. The monoisotopic (exact) mass is 395 g/mol. The fraction of sp³-hybridized carbons (Fsp3) is 0.318. The van der Waals surface area contributed by atoms with Gasteiger partial charge >= 0.3 is 0 Å². The SMILES string of the molecule is CCCCC(=O)N(Cc1ccc(-c2ccccc2C(N)=NN)cc1)[C@H](C=O)CN. The first-order valence-corrected chi connectivity index (χ1v) is 9.72. The van der Waals surface area contributed by atoms with Crippen molar-refractivity contribution in [3.05, 3.63) is 59.7 Å². The fourth-order valence-electron chi connectivity index (χ4n) is 3.13. The van der Waals surface area contributed by atoms with E-state index in [2.05, 4.69) is 5.10 Å². The number of amides is 1. The van der Waals surface area contributed by atoms with E-state index in [4.69, 9.17) is 17.3 Å². The Morgan fingerprint density at radius 1 is 1.17 bits per heavy atom. The molecule has 2 rings (SSSR count). The predicted octanol–water partition coefficient (Wildman–Crippen LogP) is 1.98. The lowest BCUT2D eigenvalue weighted by Gasteiger charge is -2.27. The number of nitrogens with zero attached hydrogens (tertiary/aromatic N) is 2. The molecular formula is C22H29N5O2. The topological polar surface area (TPSA) is 128 Å². The second-order valence-electron chi connectivity index (χ2n) is 6.82. The van der Waals surface area contributed by atoms with Gasteiger partial charge in [-0.25, -0.2) is 0 Å². The molecule has 0 bridgehead atoms. The van der Waals surface area contributed by atoms with E-state index >= 15 is 0 Å². The van der Waals surface area contributed by atoms with Crippen LogP contribution in [0.4, 0.5) is 0 Å². The third-order valence-electron chi connectivity index (χ3n) is 4.82. The van der Waals surface area contributed by atoms with E-state index in [1.54, 1.807) is 4.90 Å². The molecule has 0 aliphatic carbocycles. The molecule has 0 saturated heterocycles. The number of benzene rings is 2. The van der Waals surface area contributed by atoms with E-state index in [1.165, 1.54) is 0 Å². The van der Waals surface area contributed by atoms with Crippen LogP contribution in [0.25, 0.3) is 11.1 Å². The third-order valence-corrected chi connectivity index (χ3v) is 4.82. The molecule has 29 heavy (non-hydrogen) atoms. The zero-order chi connectivity index (χ0) is 21.2. The maximum absolute atomic E-state index is 12.6. The summed E-state index contributed by atoms with van der Waals surface area (Å²) in [5, 5.41) is 3.59. The minimum Gasteiger partial charge on any atom is -0.382 e. The Balaban J connectivity index is 2.26. The molecule has 2 aromatic rings.